The fraction of sp³-hybridized carbons (Fsp3) is 0.455. The van der Waals surface area contributed by atoms with Crippen LogP contribution in [0.3, 0.4) is 0 Å². The molecule has 0 bridgehead atoms. The van der Waals surface area contributed by atoms with Crippen LogP contribution >= 0.6 is 0 Å². The lowest BCUT2D eigenvalue weighted by molar-refractivity contribution is 0.147. The molecule has 1 aromatic carbocycles. The van der Waals surface area contributed by atoms with Crippen molar-refractivity contribution in [1.82, 2.24) is 0 Å². The third-order valence-electron chi connectivity index (χ3n) is 2.06. The SMILES string of the molecule is COCCOc1cc(N(C)C)ccc1N. The molecule has 84 valence electrons. The standard InChI is InChI=1S/C11H18N2O2/c1-13(2)9-4-5-10(12)11(8-9)15-7-6-14-3/h4-5,8H,6-7,12H2,1-3H3. The fourth-order valence-electron chi connectivity index (χ4n) is 1.16. The molecule has 0 saturated carbocycles. The van der Waals surface area contributed by atoms with E-state index in [1.807, 2.05) is 37.2 Å². The van der Waals surface area contributed by atoms with E-state index in [4.69, 9.17) is 15.2 Å². The summed E-state index contributed by atoms with van der Waals surface area (Å²) in [6, 6.07) is 5.72. The van der Waals surface area contributed by atoms with Gasteiger partial charge < -0.3 is 20.1 Å². The number of hydrogen-bond donors (Lipinski definition) is 1. The maximum absolute atomic E-state index is 5.79. The number of ether oxygens (including phenoxy) is 2. The smallest absolute Gasteiger partial charge is 0.144 e. The molecule has 0 atom stereocenters. The van der Waals surface area contributed by atoms with E-state index in [-0.39, 0.29) is 0 Å². The third-order valence-corrected chi connectivity index (χ3v) is 2.06. The van der Waals surface area contributed by atoms with Gasteiger partial charge in [-0.15, -0.1) is 0 Å². The van der Waals surface area contributed by atoms with Gasteiger partial charge in [0.2, 0.25) is 0 Å². The molecule has 0 aliphatic carbocycles. The normalized spacial score (nSPS) is 10.1. The summed E-state index contributed by atoms with van der Waals surface area (Å²) in [6.45, 7) is 1.07. The third kappa shape index (κ3) is 3.32. The van der Waals surface area contributed by atoms with Crippen LogP contribution < -0.4 is 15.4 Å². The summed E-state index contributed by atoms with van der Waals surface area (Å²) in [7, 11) is 5.60. The predicted molar refractivity (Wildman–Crippen MR) is 62.6 cm³/mol. The molecule has 0 radical (unpaired) electrons. The van der Waals surface area contributed by atoms with Crippen molar-refractivity contribution in [2.45, 2.75) is 0 Å². The Morgan fingerprint density at radius 3 is 2.60 bits per heavy atom. The first-order valence-corrected chi connectivity index (χ1v) is 4.83. The van der Waals surface area contributed by atoms with Crippen molar-refractivity contribution in [1.29, 1.82) is 0 Å². The summed E-state index contributed by atoms with van der Waals surface area (Å²) in [6.07, 6.45) is 0. The minimum absolute atomic E-state index is 0.511. The molecule has 1 rings (SSSR count). The number of rotatable bonds is 5. The molecule has 0 aromatic heterocycles. The van der Waals surface area contributed by atoms with Crippen molar-refractivity contribution in [2.75, 3.05) is 45.1 Å². The molecule has 2 N–H and O–H groups in total. The molecule has 0 amide bonds. The monoisotopic (exact) mass is 210 g/mol. The first-order chi connectivity index (χ1) is 7.15. The molecule has 0 aliphatic heterocycles. The van der Waals surface area contributed by atoms with Gasteiger partial charge in [0.1, 0.15) is 12.4 Å². The van der Waals surface area contributed by atoms with Crippen LogP contribution in [-0.4, -0.2) is 34.4 Å². The minimum atomic E-state index is 0.511. The molecule has 0 aliphatic rings. The van der Waals surface area contributed by atoms with Crippen molar-refractivity contribution < 1.29 is 9.47 Å². The molecular weight excluding hydrogens is 192 g/mol. The second kappa shape index (κ2) is 5.46. The molecule has 0 heterocycles. The van der Waals surface area contributed by atoms with E-state index in [2.05, 4.69) is 0 Å². The zero-order valence-corrected chi connectivity index (χ0v) is 9.49. The van der Waals surface area contributed by atoms with Crippen LogP contribution in [0.2, 0.25) is 0 Å². The summed E-state index contributed by atoms with van der Waals surface area (Å²) in [4.78, 5) is 2.00. The van der Waals surface area contributed by atoms with Crippen LogP contribution in [0.4, 0.5) is 11.4 Å². The van der Waals surface area contributed by atoms with E-state index in [0.717, 1.165) is 5.69 Å². The van der Waals surface area contributed by atoms with Crippen molar-refractivity contribution in [2.24, 2.45) is 0 Å². The van der Waals surface area contributed by atoms with Gasteiger partial charge in [-0.2, -0.15) is 0 Å². The van der Waals surface area contributed by atoms with Crippen LogP contribution in [0.1, 0.15) is 0 Å². The van der Waals surface area contributed by atoms with Crippen LogP contribution in [0, 0.1) is 0 Å². The molecule has 0 spiro atoms. The molecule has 0 unspecified atom stereocenters. The Kier molecular flexibility index (Phi) is 4.24. The Bertz CT molecular complexity index is 313. The van der Waals surface area contributed by atoms with Crippen LogP contribution in [0.25, 0.3) is 0 Å². The van der Waals surface area contributed by atoms with Crippen molar-refractivity contribution >= 4 is 11.4 Å². The zero-order valence-electron chi connectivity index (χ0n) is 9.49. The average molecular weight is 210 g/mol. The summed E-state index contributed by atoms with van der Waals surface area (Å²) < 4.78 is 10.4. The largest absolute Gasteiger partial charge is 0.489 e. The number of anilines is 2. The van der Waals surface area contributed by atoms with E-state index in [1.54, 1.807) is 7.11 Å². The topological polar surface area (TPSA) is 47.7 Å². The average Bonchev–Trinajstić information content (AvgIpc) is 2.20. The van der Waals surface area contributed by atoms with Crippen LogP contribution in [0.5, 0.6) is 5.75 Å². The lowest BCUT2D eigenvalue weighted by Crippen LogP contribution is -2.10. The van der Waals surface area contributed by atoms with Gasteiger partial charge in [-0.3, -0.25) is 0 Å². The Morgan fingerprint density at radius 2 is 2.00 bits per heavy atom. The van der Waals surface area contributed by atoms with E-state index < -0.39 is 0 Å². The number of nitrogens with two attached hydrogens (primary N) is 1. The molecule has 1 aromatic rings. The maximum Gasteiger partial charge on any atom is 0.144 e. The highest BCUT2D eigenvalue weighted by Crippen LogP contribution is 2.26. The molecule has 4 nitrogen and oxygen atoms in total. The number of hydrogen-bond acceptors (Lipinski definition) is 4. The first kappa shape index (κ1) is 11.7. The van der Waals surface area contributed by atoms with Gasteiger partial charge in [0.05, 0.1) is 12.3 Å². The highest BCUT2D eigenvalue weighted by Gasteiger charge is 2.03. The summed E-state index contributed by atoms with van der Waals surface area (Å²) in [5.41, 5.74) is 7.50. The second-order valence-electron chi connectivity index (χ2n) is 3.46. The number of benzene rings is 1. The fourth-order valence-corrected chi connectivity index (χ4v) is 1.16. The second-order valence-corrected chi connectivity index (χ2v) is 3.46. The molecule has 4 heteroatoms. The van der Waals surface area contributed by atoms with Gasteiger partial charge >= 0.3 is 0 Å². The van der Waals surface area contributed by atoms with Crippen molar-refractivity contribution in [3.63, 3.8) is 0 Å². The van der Waals surface area contributed by atoms with E-state index >= 15 is 0 Å². The number of nitrogen functional groups attached to an aromatic ring is 1. The van der Waals surface area contributed by atoms with Crippen LogP contribution in [0.15, 0.2) is 18.2 Å². The highest BCUT2D eigenvalue weighted by atomic mass is 16.5. The minimum Gasteiger partial charge on any atom is -0.489 e. The lowest BCUT2D eigenvalue weighted by Gasteiger charge is -2.15. The number of methoxy groups -OCH3 is 1. The summed E-state index contributed by atoms with van der Waals surface area (Å²) in [5, 5.41) is 0. The van der Waals surface area contributed by atoms with Crippen molar-refractivity contribution in [3.05, 3.63) is 18.2 Å². The van der Waals surface area contributed by atoms with Gasteiger partial charge in [0.15, 0.2) is 0 Å². The lowest BCUT2D eigenvalue weighted by atomic mass is 10.2. The Balaban J connectivity index is 2.72. The van der Waals surface area contributed by atoms with Crippen molar-refractivity contribution in [3.8, 4) is 5.75 Å². The zero-order chi connectivity index (χ0) is 11.3. The quantitative estimate of drug-likeness (QED) is 0.589. The Hall–Kier alpha value is -1.42. The van der Waals surface area contributed by atoms with E-state index in [9.17, 15) is 0 Å². The Morgan fingerprint density at radius 1 is 1.27 bits per heavy atom. The first-order valence-electron chi connectivity index (χ1n) is 4.83. The maximum atomic E-state index is 5.79. The molecule has 15 heavy (non-hydrogen) atoms. The van der Waals surface area contributed by atoms with E-state index in [0.29, 0.717) is 24.7 Å². The predicted octanol–water partition coefficient (Wildman–Crippen LogP) is 1.36. The van der Waals surface area contributed by atoms with Gasteiger partial charge in [-0.1, -0.05) is 0 Å². The summed E-state index contributed by atoms with van der Waals surface area (Å²) in [5.74, 6) is 0.707. The highest BCUT2D eigenvalue weighted by molar-refractivity contribution is 5.61. The molecular formula is C11H18N2O2. The Labute approximate surface area is 90.6 Å². The summed E-state index contributed by atoms with van der Waals surface area (Å²) >= 11 is 0. The van der Waals surface area contributed by atoms with Gasteiger partial charge in [-0.25, -0.2) is 0 Å². The van der Waals surface area contributed by atoms with Gasteiger partial charge in [-0.05, 0) is 12.1 Å². The molecule has 0 saturated heterocycles. The molecule has 0 fully saturated rings. The van der Waals surface area contributed by atoms with Gasteiger partial charge in [0.25, 0.3) is 0 Å². The van der Waals surface area contributed by atoms with Gasteiger partial charge in [0, 0.05) is 33.0 Å². The van der Waals surface area contributed by atoms with Crippen LogP contribution in [-0.2, 0) is 4.74 Å². The van der Waals surface area contributed by atoms with E-state index in [1.165, 1.54) is 0 Å². The number of nitrogens with zero attached hydrogens (tertiary/aromatic N) is 1.